The minimum atomic E-state index is 0.143. The molecule has 0 radical (unpaired) electrons. The first-order valence-corrected chi connectivity index (χ1v) is 8.10. The summed E-state index contributed by atoms with van der Waals surface area (Å²) in [6.07, 6.45) is 3.53. The Hall–Kier alpha value is -1.53. The van der Waals surface area contributed by atoms with Crippen LogP contribution in [0.15, 0.2) is 30.5 Å². The number of pyridine rings is 1. The zero-order valence-corrected chi connectivity index (χ0v) is 13.9. The van der Waals surface area contributed by atoms with Crippen LogP contribution in [-0.4, -0.2) is 24.3 Å². The quantitative estimate of drug-likeness (QED) is 0.644. The van der Waals surface area contributed by atoms with Crippen LogP contribution in [0.4, 0.5) is 5.82 Å². The first-order valence-electron chi connectivity index (χ1n) is 7.34. The van der Waals surface area contributed by atoms with Gasteiger partial charge >= 0.3 is 0 Å². The van der Waals surface area contributed by atoms with Crippen LogP contribution in [0.3, 0.4) is 0 Å². The standard InChI is InChI=1S/C16H17Cl2N3O2/c17-13-9-10(12-3-6-20-16(21-19)15(12)18)1-2-14(13)23-11-4-7-22-8-5-11/h1-3,6,9,11H,4-5,7-8,19H2,(H,20,21). The van der Waals surface area contributed by atoms with Gasteiger partial charge in [0.15, 0.2) is 5.82 Å². The van der Waals surface area contributed by atoms with Crippen LogP contribution in [0, 0.1) is 0 Å². The minimum Gasteiger partial charge on any atom is -0.489 e. The van der Waals surface area contributed by atoms with Crippen molar-refractivity contribution in [3.05, 3.63) is 40.5 Å². The highest BCUT2D eigenvalue weighted by Crippen LogP contribution is 2.36. The van der Waals surface area contributed by atoms with Crippen LogP contribution in [0.5, 0.6) is 5.75 Å². The second-order valence-electron chi connectivity index (χ2n) is 5.24. The zero-order chi connectivity index (χ0) is 16.2. The van der Waals surface area contributed by atoms with E-state index in [-0.39, 0.29) is 6.10 Å². The van der Waals surface area contributed by atoms with Gasteiger partial charge < -0.3 is 14.9 Å². The predicted octanol–water partition coefficient (Wildman–Crippen LogP) is 3.90. The molecule has 1 aromatic carbocycles. The summed E-state index contributed by atoms with van der Waals surface area (Å²) in [5.41, 5.74) is 4.15. The molecule has 0 bridgehead atoms. The van der Waals surface area contributed by atoms with Crippen LogP contribution >= 0.6 is 23.2 Å². The smallest absolute Gasteiger partial charge is 0.159 e. The van der Waals surface area contributed by atoms with Crippen molar-refractivity contribution in [2.45, 2.75) is 18.9 Å². The topological polar surface area (TPSA) is 69.4 Å². The van der Waals surface area contributed by atoms with Crippen molar-refractivity contribution in [2.24, 2.45) is 5.84 Å². The molecule has 3 rings (SSSR count). The van der Waals surface area contributed by atoms with Crippen LogP contribution in [-0.2, 0) is 4.74 Å². The highest BCUT2D eigenvalue weighted by Gasteiger charge is 2.17. The Labute approximate surface area is 144 Å². The van der Waals surface area contributed by atoms with Crippen molar-refractivity contribution in [1.82, 2.24) is 4.98 Å². The molecule has 3 N–H and O–H groups in total. The molecule has 2 aromatic rings. The Morgan fingerprint density at radius 1 is 1.22 bits per heavy atom. The van der Waals surface area contributed by atoms with Gasteiger partial charge in [-0.05, 0) is 23.8 Å². The van der Waals surface area contributed by atoms with Crippen molar-refractivity contribution in [2.75, 3.05) is 18.6 Å². The molecule has 0 saturated carbocycles. The van der Waals surface area contributed by atoms with Gasteiger partial charge in [-0.2, -0.15) is 0 Å². The maximum atomic E-state index is 6.37. The van der Waals surface area contributed by atoms with Crippen molar-refractivity contribution in [3.8, 4) is 16.9 Å². The Balaban J connectivity index is 1.84. The van der Waals surface area contributed by atoms with E-state index < -0.39 is 0 Å². The van der Waals surface area contributed by atoms with Gasteiger partial charge in [-0.3, -0.25) is 0 Å². The Bertz CT molecular complexity index is 691. The number of ether oxygens (including phenoxy) is 2. The number of nitrogens with zero attached hydrogens (tertiary/aromatic N) is 1. The molecule has 7 heteroatoms. The number of benzene rings is 1. The summed E-state index contributed by atoms with van der Waals surface area (Å²) in [5.74, 6) is 6.49. The van der Waals surface area contributed by atoms with Crippen molar-refractivity contribution in [1.29, 1.82) is 0 Å². The lowest BCUT2D eigenvalue weighted by Crippen LogP contribution is -2.25. The molecule has 0 atom stereocenters. The lowest BCUT2D eigenvalue weighted by molar-refractivity contribution is 0.0256. The molecule has 0 amide bonds. The van der Waals surface area contributed by atoms with Gasteiger partial charge in [0.05, 0.1) is 23.3 Å². The highest BCUT2D eigenvalue weighted by molar-refractivity contribution is 6.36. The molecule has 1 fully saturated rings. The van der Waals surface area contributed by atoms with E-state index in [0.717, 1.165) is 37.2 Å². The molecular weight excluding hydrogens is 337 g/mol. The van der Waals surface area contributed by atoms with Crippen molar-refractivity contribution < 1.29 is 9.47 Å². The van der Waals surface area contributed by atoms with E-state index in [1.807, 2.05) is 24.3 Å². The van der Waals surface area contributed by atoms with E-state index in [1.165, 1.54) is 0 Å². The third kappa shape index (κ3) is 3.70. The fourth-order valence-electron chi connectivity index (χ4n) is 2.50. The van der Waals surface area contributed by atoms with E-state index in [4.69, 9.17) is 38.5 Å². The molecule has 1 aliphatic heterocycles. The number of anilines is 1. The van der Waals surface area contributed by atoms with Crippen molar-refractivity contribution >= 4 is 29.0 Å². The monoisotopic (exact) mass is 353 g/mol. The lowest BCUT2D eigenvalue weighted by atomic mass is 10.1. The third-order valence-corrected chi connectivity index (χ3v) is 4.41. The summed E-state index contributed by atoms with van der Waals surface area (Å²) < 4.78 is 11.3. The summed E-state index contributed by atoms with van der Waals surface area (Å²) in [5, 5.41) is 0.994. The van der Waals surface area contributed by atoms with Gasteiger partial charge in [0.25, 0.3) is 0 Å². The summed E-state index contributed by atoms with van der Waals surface area (Å²) in [6.45, 7) is 1.45. The number of halogens is 2. The summed E-state index contributed by atoms with van der Waals surface area (Å²) >= 11 is 12.7. The lowest BCUT2D eigenvalue weighted by Gasteiger charge is -2.24. The summed E-state index contributed by atoms with van der Waals surface area (Å²) in [4.78, 5) is 4.06. The van der Waals surface area contributed by atoms with Gasteiger partial charge in [-0.15, -0.1) is 0 Å². The number of nitrogens with one attached hydrogen (secondary N) is 1. The Morgan fingerprint density at radius 2 is 2.00 bits per heavy atom. The molecule has 0 aliphatic carbocycles. The number of hydrogen-bond acceptors (Lipinski definition) is 5. The molecule has 1 aliphatic rings. The van der Waals surface area contributed by atoms with E-state index in [0.29, 0.717) is 21.6 Å². The number of nitrogen functional groups attached to an aromatic ring is 1. The van der Waals surface area contributed by atoms with Crippen LogP contribution < -0.4 is 16.0 Å². The van der Waals surface area contributed by atoms with E-state index >= 15 is 0 Å². The highest BCUT2D eigenvalue weighted by atomic mass is 35.5. The second-order valence-corrected chi connectivity index (χ2v) is 6.03. The minimum absolute atomic E-state index is 0.143. The van der Waals surface area contributed by atoms with Crippen LogP contribution in [0.2, 0.25) is 10.0 Å². The average molecular weight is 354 g/mol. The maximum absolute atomic E-state index is 6.37. The largest absolute Gasteiger partial charge is 0.489 e. The van der Waals surface area contributed by atoms with Gasteiger partial charge in [-0.1, -0.05) is 29.3 Å². The number of hydrogen-bond donors (Lipinski definition) is 2. The van der Waals surface area contributed by atoms with Gasteiger partial charge in [0.1, 0.15) is 11.9 Å². The molecule has 5 nitrogen and oxygen atoms in total. The van der Waals surface area contributed by atoms with Gasteiger partial charge in [0, 0.05) is 24.6 Å². The van der Waals surface area contributed by atoms with E-state index in [1.54, 1.807) is 6.20 Å². The number of rotatable bonds is 4. The number of aromatic nitrogens is 1. The number of nitrogens with two attached hydrogens (primary N) is 1. The molecule has 0 unspecified atom stereocenters. The third-order valence-electron chi connectivity index (χ3n) is 3.73. The molecule has 2 heterocycles. The first kappa shape index (κ1) is 16.3. The SMILES string of the molecule is NNc1nccc(-c2ccc(OC3CCOCC3)c(Cl)c2)c1Cl. The number of hydrazine groups is 1. The molecule has 23 heavy (non-hydrogen) atoms. The van der Waals surface area contributed by atoms with Gasteiger partial charge in [0.2, 0.25) is 0 Å². The molecule has 1 aromatic heterocycles. The summed E-state index contributed by atoms with van der Waals surface area (Å²) in [6, 6.07) is 7.42. The molecule has 1 saturated heterocycles. The second kappa shape index (κ2) is 7.36. The average Bonchev–Trinajstić information content (AvgIpc) is 2.58. The van der Waals surface area contributed by atoms with Crippen LogP contribution in [0.25, 0.3) is 11.1 Å². The fraction of sp³-hybridized carbons (Fsp3) is 0.312. The Morgan fingerprint density at radius 3 is 2.70 bits per heavy atom. The van der Waals surface area contributed by atoms with Crippen molar-refractivity contribution in [3.63, 3.8) is 0 Å². The summed E-state index contributed by atoms with van der Waals surface area (Å²) in [7, 11) is 0. The van der Waals surface area contributed by atoms with E-state index in [9.17, 15) is 0 Å². The normalized spacial score (nSPS) is 15.4. The fourth-order valence-corrected chi connectivity index (χ4v) is 3.01. The first-order chi connectivity index (χ1) is 11.2. The molecule has 0 spiro atoms. The predicted molar refractivity (Wildman–Crippen MR) is 92.0 cm³/mol. The molecular formula is C16H17Cl2N3O2. The maximum Gasteiger partial charge on any atom is 0.159 e. The zero-order valence-electron chi connectivity index (χ0n) is 12.4. The van der Waals surface area contributed by atoms with E-state index in [2.05, 4.69) is 10.4 Å². The van der Waals surface area contributed by atoms with Gasteiger partial charge in [-0.25, -0.2) is 10.8 Å². The Kier molecular flexibility index (Phi) is 5.23. The van der Waals surface area contributed by atoms with Crippen LogP contribution in [0.1, 0.15) is 12.8 Å². The molecule has 122 valence electrons.